The van der Waals surface area contributed by atoms with E-state index in [-0.39, 0.29) is 28.5 Å². The fraction of sp³-hybridized carbons (Fsp3) is 0.115. The summed E-state index contributed by atoms with van der Waals surface area (Å²) < 4.78 is 16.1. The standard InChI is InChI=1S/C26H19ClFN3O3/c1-13-5-6-20-15(8-13)10-16(24(27)30-20)12-31-21-11-19(28)14(2)9-18(21)22(23(31)26(33)34)17-4-3-7-29-25(17)32/h3-11H,12H2,1-2H3,(H,29,32)(H,33,34). The molecule has 0 amide bonds. The molecular weight excluding hydrogens is 457 g/mol. The van der Waals surface area contributed by atoms with Crippen LogP contribution >= 0.6 is 11.6 Å². The number of fused-ring (bicyclic) bond motifs is 2. The highest BCUT2D eigenvalue weighted by Gasteiger charge is 2.26. The Morgan fingerprint density at radius 2 is 1.97 bits per heavy atom. The summed E-state index contributed by atoms with van der Waals surface area (Å²) in [4.78, 5) is 32.2. The number of halogens is 2. The number of benzene rings is 2. The average Bonchev–Trinajstić information content (AvgIpc) is 3.08. The summed E-state index contributed by atoms with van der Waals surface area (Å²) in [6.07, 6.45) is 1.47. The van der Waals surface area contributed by atoms with Crippen LogP contribution in [0.15, 0.2) is 59.5 Å². The maximum absolute atomic E-state index is 14.7. The van der Waals surface area contributed by atoms with Crippen LogP contribution in [0.2, 0.25) is 5.15 Å². The molecular formula is C26H19ClFN3O3. The number of carboxylic acids is 1. The van der Waals surface area contributed by atoms with E-state index in [4.69, 9.17) is 11.6 Å². The van der Waals surface area contributed by atoms with Crippen LogP contribution in [0, 0.1) is 19.7 Å². The molecule has 0 unspecified atom stereocenters. The Balaban J connectivity index is 1.83. The molecule has 0 saturated heterocycles. The van der Waals surface area contributed by atoms with E-state index in [0.29, 0.717) is 27.5 Å². The summed E-state index contributed by atoms with van der Waals surface area (Å²) in [7, 11) is 0. The summed E-state index contributed by atoms with van der Waals surface area (Å²) >= 11 is 6.48. The van der Waals surface area contributed by atoms with Crippen molar-refractivity contribution in [2.45, 2.75) is 20.4 Å². The SMILES string of the molecule is Cc1ccc2nc(Cl)c(Cn3c(C(=O)O)c(-c4ccc[nH]c4=O)c4cc(C)c(F)cc43)cc2c1. The van der Waals surface area contributed by atoms with Gasteiger partial charge in [0.1, 0.15) is 16.7 Å². The first-order valence-electron chi connectivity index (χ1n) is 10.5. The molecule has 2 N–H and O–H groups in total. The lowest BCUT2D eigenvalue weighted by molar-refractivity contribution is 0.0687. The van der Waals surface area contributed by atoms with Crippen LogP contribution in [0.25, 0.3) is 32.9 Å². The van der Waals surface area contributed by atoms with Crippen LogP contribution in [0.3, 0.4) is 0 Å². The predicted octanol–water partition coefficient (Wildman–Crippen LogP) is 5.70. The molecule has 0 spiro atoms. The summed E-state index contributed by atoms with van der Waals surface area (Å²) in [5.74, 6) is -1.72. The minimum absolute atomic E-state index is 0.0289. The van der Waals surface area contributed by atoms with Crippen LogP contribution in [-0.4, -0.2) is 25.6 Å². The molecule has 3 aromatic heterocycles. The van der Waals surface area contributed by atoms with Gasteiger partial charge in [-0.1, -0.05) is 23.2 Å². The zero-order chi connectivity index (χ0) is 24.1. The Labute approximate surface area is 198 Å². The summed E-state index contributed by atoms with van der Waals surface area (Å²) in [5.41, 5.74) is 2.88. The molecule has 6 nitrogen and oxygen atoms in total. The first-order valence-corrected chi connectivity index (χ1v) is 10.9. The van der Waals surface area contributed by atoms with E-state index in [1.165, 1.54) is 16.8 Å². The van der Waals surface area contributed by atoms with Gasteiger partial charge in [-0.15, -0.1) is 0 Å². The topological polar surface area (TPSA) is 88.0 Å². The van der Waals surface area contributed by atoms with Gasteiger partial charge in [-0.2, -0.15) is 0 Å². The number of nitrogens with zero attached hydrogens (tertiary/aromatic N) is 2. The molecule has 5 aromatic rings. The van der Waals surface area contributed by atoms with Crippen molar-refractivity contribution >= 4 is 39.4 Å². The lowest BCUT2D eigenvalue weighted by Gasteiger charge is -2.12. The molecule has 0 aliphatic carbocycles. The number of pyridine rings is 2. The molecule has 8 heteroatoms. The molecule has 0 saturated carbocycles. The second-order valence-corrected chi connectivity index (χ2v) is 8.64. The van der Waals surface area contributed by atoms with E-state index in [1.807, 2.05) is 31.2 Å². The Hall–Kier alpha value is -3.97. The number of carboxylic acid groups (broad SMARTS) is 1. The number of nitrogens with one attached hydrogen (secondary N) is 1. The number of H-pyrrole nitrogens is 1. The highest BCUT2D eigenvalue weighted by atomic mass is 35.5. The van der Waals surface area contributed by atoms with Gasteiger partial charge < -0.3 is 14.7 Å². The van der Waals surface area contributed by atoms with Crippen LogP contribution in [0.4, 0.5) is 4.39 Å². The molecule has 170 valence electrons. The lowest BCUT2D eigenvalue weighted by Crippen LogP contribution is -2.14. The highest BCUT2D eigenvalue weighted by molar-refractivity contribution is 6.30. The molecule has 0 atom stereocenters. The summed E-state index contributed by atoms with van der Waals surface area (Å²) in [6, 6.07) is 13.7. The number of carbonyl (C=O) groups is 1. The molecule has 2 aromatic carbocycles. The minimum atomic E-state index is -1.24. The van der Waals surface area contributed by atoms with Gasteiger partial charge >= 0.3 is 5.97 Å². The van der Waals surface area contributed by atoms with Crippen molar-refractivity contribution in [2.75, 3.05) is 0 Å². The molecule has 3 heterocycles. The number of aryl methyl sites for hydroxylation is 2. The van der Waals surface area contributed by atoms with Gasteiger partial charge in [0.2, 0.25) is 0 Å². The fourth-order valence-electron chi connectivity index (χ4n) is 4.35. The summed E-state index contributed by atoms with van der Waals surface area (Å²) in [6.45, 7) is 3.59. The monoisotopic (exact) mass is 475 g/mol. The Bertz CT molecular complexity index is 1690. The van der Waals surface area contributed by atoms with Gasteiger partial charge in [0.15, 0.2) is 0 Å². The van der Waals surface area contributed by atoms with E-state index in [9.17, 15) is 19.1 Å². The van der Waals surface area contributed by atoms with Gasteiger partial charge in [0, 0.05) is 33.7 Å². The Kier molecular flexibility index (Phi) is 5.21. The molecule has 0 bridgehead atoms. The van der Waals surface area contributed by atoms with Crippen LogP contribution < -0.4 is 5.56 Å². The number of aromatic amines is 1. The van der Waals surface area contributed by atoms with Crippen molar-refractivity contribution in [1.29, 1.82) is 0 Å². The minimum Gasteiger partial charge on any atom is -0.477 e. The zero-order valence-corrected chi connectivity index (χ0v) is 19.1. The average molecular weight is 476 g/mol. The first kappa shape index (κ1) is 21.9. The zero-order valence-electron chi connectivity index (χ0n) is 18.3. The van der Waals surface area contributed by atoms with E-state index >= 15 is 0 Å². The Morgan fingerprint density at radius 1 is 1.18 bits per heavy atom. The molecule has 34 heavy (non-hydrogen) atoms. The second-order valence-electron chi connectivity index (χ2n) is 8.28. The largest absolute Gasteiger partial charge is 0.477 e. The van der Waals surface area contributed by atoms with Crippen molar-refractivity contribution in [2.24, 2.45) is 0 Å². The van der Waals surface area contributed by atoms with Crippen molar-refractivity contribution < 1.29 is 14.3 Å². The van der Waals surface area contributed by atoms with E-state index < -0.39 is 17.3 Å². The van der Waals surface area contributed by atoms with Crippen molar-refractivity contribution in [3.05, 3.63) is 98.4 Å². The van der Waals surface area contributed by atoms with E-state index in [2.05, 4.69) is 9.97 Å². The molecule has 0 aliphatic rings. The van der Waals surface area contributed by atoms with Gasteiger partial charge in [-0.3, -0.25) is 4.79 Å². The third-order valence-electron chi connectivity index (χ3n) is 5.96. The van der Waals surface area contributed by atoms with Crippen LogP contribution in [0.5, 0.6) is 0 Å². The van der Waals surface area contributed by atoms with Gasteiger partial charge in [-0.25, -0.2) is 14.2 Å². The maximum Gasteiger partial charge on any atom is 0.353 e. The molecule has 0 radical (unpaired) electrons. The normalized spacial score (nSPS) is 11.4. The third-order valence-corrected chi connectivity index (χ3v) is 6.29. The van der Waals surface area contributed by atoms with Gasteiger partial charge in [-0.05, 0) is 61.9 Å². The number of aromatic carboxylic acids is 1. The molecule has 0 aliphatic heterocycles. The fourth-order valence-corrected chi connectivity index (χ4v) is 4.56. The lowest BCUT2D eigenvalue weighted by atomic mass is 10.0. The predicted molar refractivity (Wildman–Crippen MR) is 130 cm³/mol. The van der Waals surface area contributed by atoms with Crippen molar-refractivity contribution in [3.8, 4) is 11.1 Å². The molecule has 5 rings (SSSR count). The number of aromatic nitrogens is 3. The second kappa shape index (κ2) is 8.11. The van der Waals surface area contributed by atoms with Gasteiger partial charge in [0.25, 0.3) is 5.56 Å². The maximum atomic E-state index is 14.7. The number of hydrogen-bond acceptors (Lipinski definition) is 3. The van der Waals surface area contributed by atoms with Crippen LogP contribution in [0.1, 0.15) is 27.2 Å². The van der Waals surface area contributed by atoms with Gasteiger partial charge in [0.05, 0.1) is 17.6 Å². The molecule has 0 fully saturated rings. The Morgan fingerprint density at radius 3 is 2.71 bits per heavy atom. The first-order chi connectivity index (χ1) is 16.2. The highest BCUT2D eigenvalue weighted by Crippen LogP contribution is 2.36. The van der Waals surface area contributed by atoms with E-state index in [0.717, 1.165) is 10.9 Å². The summed E-state index contributed by atoms with van der Waals surface area (Å²) in [5, 5.41) is 11.8. The van der Waals surface area contributed by atoms with E-state index in [1.54, 1.807) is 25.1 Å². The van der Waals surface area contributed by atoms with Crippen molar-refractivity contribution in [3.63, 3.8) is 0 Å². The number of hydrogen-bond donors (Lipinski definition) is 2. The van der Waals surface area contributed by atoms with Crippen LogP contribution in [-0.2, 0) is 6.54 Å². The smallest absolute Gasteiger partial charge is 0.353 e. The van der Waals surface area contributed by atoms with Crippen molar-refractivity contribution in [1.82, 2.24) is 14.5 Å². The quantitative estimate of drug-likeness (QED) is 0.326. The third kappa shape index (κ3) is 3.54. The number of rotatable bonds is 4.